The minimum absolute atomic E-state index is 0.0399. The van der Waals surface area contributed by atoms with Gasteiger partial charge in [0.05, 0.1) is 0 Å². The second kappa shape index (κ2) is 12.2. The van der Waals surface area contributed by atoms with E-state index in [1.807, 2.05) is 78.9 Å². The minimum Gasteiger partial charge on any atom is -0.480 e. The van der Waals surface area contributed by atoms with Gasteiger partial charge in [0.25, 0.3) is 0 Å². The molecule has 2 amide bonds. The molecular weight excluding hydrogens is 508 g/mol. The molecule has 1 aliphatic carbocycles. The number of nitrogens with one attached hydrogen (secondary N) is 2. The third-order valence-electron chi connectivity index (χ3n) is 6.79. The van der Waals surface area contributed by atoms with E-state index >= 15 is 0 Å². The number of benzene rings is 4. The number of carboxylic acids is 1. The zero-order valence-electron chi connectivity index (χ0n) is 21.6. The fourth-order valence-electron chi connectivity index (χ4n) is 4.82. The predicted octanol–water partition coefficient (Wildman–Crippen LogP) is 5.97. The van der Waals surface area contributed by atoms with Gasteiger partial charge in [-0.15, -0.1) is 0 Å². The Labute approximate surface area is 231 Å². The van der Waals surface area contributed by atoms with Crippen LogP contribution < -0.4 is 10.6 Å². The van der Waals surface area contributed by atoms with Crippen LogP contribution in [0.15, 0.2) is 103 Å². The van der Waals surface area contributed by atoms with Crippen molar-refractivity contribution >= 4 is 23.8 Å². The molecule has 1 aliphatic rings. The summed E-state index contributed by atoms with van der Waals surface area (Å²) in [5.74, 6) is -1.30. The van der Waals surface area contributed by atoms with Gasteiger partial charge in [-0.3, -0.25) is 5.32 Å². The van der Waals surface area contributed by atoms with Gasteiger partial charge < -0.3 is 19.9 Å². The van der Waals surface area contributed by atoms with Crippen molar-refractivity contribution < 1.29 is 29.0 Å². The van der Waals surface area contributed by atoms with Crippen LogP contribution in [0.2, 0.25) is 0 Å². The van der Waals surface area contributed by atoms with E-state index in [0.29, 0.717) is 11.3 Å². The highest BCUT2D eigenvalue weighted by Gasteiger charge is 2.29. The molecule has 0 spiro atoms. The highest BCUT2D eigenvalue weighted by molar-refractivity contribution is 5.85. The molecule has 0 aromatic heterocycles. The van der Waals surface area contributed by atoms with Gasteiger partial charge in [-0.25, -0.2) is 14.4 Å². The molecule has 8 heteroatoms. The third kappa shape index (κ3) is 6.30. The lowest BCUT2D eigenvalue weighted by Crippen LogP contribution is -2.42. The summed E-state index contributed by atoms with van der Waals surface area (Å²) in [6, 6.07) is 30.8. The van der Waals surface area contributed by atoms with Crippen molar-refractivity contribution in [2.75, 3.05) is 11.9 Å². The molecule has 3 N–H and O–H groups in total. The number of hydrogen-bond donors (Lipinski definition) is 3. The Morgan fingerprint density at radius 2 is 1.30 bits per heavy atom. The van der Waals surface area contributed by atoms with Crippen LogP contribution in [0.25, 0.3) is 11.1 Å². The molecule has 0 radical (unpaired) electrons. The molecule has 5 rings (SSSR count). The van der Waals surface area contributed by atoms with E-state index in [1.54, 1.807) is 24.3 Å². The lowest BCUT2D eigenvalue weighted by atomic mass is 9.98. The van der Waals surface area contributed by atoms with E-state index in [0.717, 1.165) is 27.8 Å². The van der Waals surface area contributed by atoms with Gasteiger partial charge in [0.15, 0.2) is 0 Å². The molecule has 0 saturated heterocycles. The SMILES string of the molecule is O=C(Nc1ccc(C[C@H](NC(=O)OCC2c3ccccc3-c3ccccc32)C(=O)O)cc1)OCc1ccccc1. The van der Waals surface area contributed by atoms with Crippen molar-refractivity contribution in [1.82, 2.24) is 5.32 Å². The number of hydrogen-bond acceptors (Lipinski definition) is 5. The molecule has 0 aliphatic heterocycles. The number of amides is 2. The third-order valence-corrected chi connectivity index (χ3v) is 6.79. The average molecular weight is 537 g/mol. The molecule has 1 atom stereocenters. The zero-order valence-corrected chi connectivity index (χ0v) is 21.6. The van der Waals surface area contributed by atoms with Gasteiger partial charge in [0.1, 0.15) is 19.3 Å². The van der Waals surface area contributed by atoms with Crippen LogP contribution in [0, 0.1) is 0 Å². The second-order valence-corrected chi connectivity index (χ2v) is 9.45. The molecule has 4 aromatic rings. The topological polar surface area (TPSA) is 114 Å². The van der Waals surface area contributed by atoms with Crippen molar-refractivity contribution in [2.24, 2.45) is 0 Å². The number of aliphatic carboxylic acids is 1. The summed E-state index contributed by atoms with van der Waals surface area (Å²) in [6.07, 6.45) is -1.36. The van der Waals surface area contributed by atoms with Crippen LogP contribution in [0.4, 0.5) is 15.3 Å². The quantitative estimate of drug-likeness (QED) is 0.243. The average Bonchev–Trinajstić information content (AvgIpc) is 3.30. The first-order valence-corrected chi connectivity index (χ1v) is 12.9. The van der Waals surface area contributed by atoms with E-state index < -0.39 is 24.2 Å². The van der Waals surface area contributed by atoms with Crippen molar-refractivity contribution in [2.45, 2.75) is 25.0 Å². The summed E-state index contributed by atoms with van der Waals surface area (Å²) in [5, 5.41) is 14.8. The molecule has 0 bridgehead atoms. The monoisotopic (exact) mass is 536 g/mol. The normalized spacial score (nSPS) is 12.5. The fraction of sp³-hybridized carbons (Fsp3) is 0.156. The summed E-state index contributed by atoms with van der Waals surface area (Å²) in [4.78, 5) is 36.6. The Balaban J connectivity index is 1.13. The summed E-state index contributed by atoms with van der Waals surface area (Å²) in [5.41, 5.74) is 6.40. The Hall–Kier alpha value is -5.11. The molecule has 202 valence electrons. The summed E-state index contributed by atoms with van der Waals surface area (Å²) in [6.45, 7) is 0.236. The fourth-order valence-corrected chi connectivity index (χ4v) is 4.82. The number of rotatable bonds is 9. The first-order chi connectivity index (χ1) is 19.5. The van der Waals surface area contributed by atoms with E-state index in [9.17, 15) is 19.5 Å². The van der Waals surface area contributed by atoms with E-state index in [2.05, 4.69) is 10.6 Å². The maximum Gasteiger partial charge on any atom is 0.411 e. The lowest BCUT2D eigenvalue weighted by molar-refractivity contribution is -0.139. The summed E-state index contributed by atoms with van der Waals surface area (Å²) in [7, 11) is 0. The first kappa shape index (κ1) is 26.5. The van der Waals surface area contributed by atoms with Gasteiger partial charge >= 0.3 is 18.2 Å². The minimum atomic E-state index is -1.19. The molecule has 0 unspecified atom stereocenters. The Kier molecular flexibility index (Phi) is 8.06. The number of ether oxygens (including phenoxy) is 2. The van der Waals surface area contributed by atoms with E-state index in [-0.39, 0.29) is 25.6 Å². The highest BCUT2D eigenvalue weighted by Crippen LogP contribution is 2.44. The van der Waals surface area contributed by atoms with Crippen LogP contribution in [0.1, 0.15) is 28.2 Å². The summed E-state index contributed by atoms with van der Waals surface area (Å²) < 4.78 is 10.7. The van der Waals surface area contributed by atoms with Gasteiger partial charge in [-0.05, 0) is 45.5 Å². The smallest absolute Gasteiger partial charge is 0.411 e. The van der Waals surface area contributed by atoms with Gasteiger partial charge in [-0.1, -0.05) is 91.0 Å². The number of carbonyl (C=O) groups excluding carboxylic acids is 2. The molecule has 0 heterocycles. The van der Waals surface area contributed by atoms with Crippen LogP contribution >= 0.6 is 0 Å². The molecule has 40 heavy (non-hydrogen) atoms. The molecule has 4 aromatic carbocycles. The number of carboxylic acid groups (broad SMARTS) is 1. The van der Waals surface area contributed by atoms with Crippen molar-refractivity contribution in [3.8, 4) is 11.1 Å². The van der Waals surface area contributed by atoms with Crippen molar-refractivity contribution in [1.29, 1.82) is 0 Å². The van der Waals surface area contributed by atoms with Gasteiger partial charge in [-0.2, -0.15) is 0 Å². The molecule has 8 nitrogen and oxygen atoms in total. The Morgan fingerprint density at radius 1 is 0.700 bits per heavy atom. The summed E-state index contributed by atoms with van der Waals surface area (Å²) >= 11 is 0. The largest absolute Gasteiger partial charge is 0.480 e. The van der Waals surface area contributed by atoms with Crippen LogP contribution in [0.5, 0.6) is 0 Å². The van der Waals surface area contributed by atoms with Crippen LogP contribution in [-0.4, -0.2) is 35.9 Å². The zero-order chi connectivity index (χ0) is 27.9. The molecule has 0 saturated carbocycles. The lowest BCUT2D eigenvalue weighted by Gasteiger charge is -2.17. The molecule has 0 fully saturated rings. The van der Waals surface area contributed by atoms with Gasteiger partial charge in [0.2, 0.25) is 0 Å². The van der Waals surface area contributed by atoms with Crippen molar-refractivity contribution in [3.63, 3.8) is 0 Å². The maximum atomic E-state index is 12.6. The Morgan fingerprint density at radius 3 is 1.93 bits per heavy atom. The van der Waals surface area contributed by atoms with Crippen molar-refractivity contribution in [3.05, 3.63) is 125 Å². The van der Waals surface area contributed by atoms with E-state index in [4.69, 9.17) is 9.47 Å². The first-order valence-electron chi connectivity index (χ1n) is 12.9. The number of carbonyl (C=O) groups is 3. The maximum absolute atomic E-state index is 12.6. The van der Waals surface area contributed by atoms with Gasteiger partial charge in [0, 0.05) is 18.0 Å². The van der Waals surface area contributed by atoms with Crippen LogP contribution in [-0.2, 0) is 27.3 Å². The number of anilines is 1. The van der Waals surface area contributed by atoms with Crippen LogP contribution in [0.3, 0.4) is 0 Å². The number of alkyl carbamates (subject to hydrolysis) is 1. The standard InChI is InChI=1S/C32H28N2O6/c35-30(36)29(18-21-14-16-23(17-15-21)33-31(37)39-19-22-8-2-1-3-9-22)34-32(38)40-20-28-26-12-6-4-10-24(26)25-11-5-7-13-27(25)28/h1-17,28-29H,18-20H2,(H,33,37)(H,34,38)(H,35,36)/t29-/m0/s1. The predicted molar refractivity (Wildman–Crippen MR) is 150 cm³/mol. The molecular formula is C32H28N2O6. The highest BCUT2D eigenvalue weighted by atomic mass is 16.6. The second-order valence-electron chi connectivity index (χ2n) is 9.45. The Bertz CT molecular complexity index is 1460. The van der Waals surface area contributed by atoms with E-state index in [1.165, 1.54) is 0 Å². The number of fused-ring (bicyclic) bond motifs is 3.